The molecule has 0 spiro atoms. The molecule has 0 amide bonds. The number of hydrogen-bond donors (Lipinski definition) is 0. The molecule has 0 fully saturated rings. The highest BCUT2D eigenvalue weighted by Gasteiger charge is 2.20. The highest BCUT2D eigenvalue weighted by atomic mass is 32.1. The molecule has 0 bridgehead atoms. The van der Waals surface area contributed by atoms with Crippen LogP contribution in [0.2, 0.25) is 0 Å². The minimum Gasteiger partial charge on any atom is -0.497 e. The van der Waals surface area contributed by atoms with Gasteiger partial charge in [0.2, 0.25) is 0 Å². The van der Waals surface area contributed by atoms with Crippen LogP contribution in [0.5, 0.6) is 11.5 Å². The van der Waals surface area contributed by atoms with Gasteiger partial charge in [-0.1, -0.05) is 0 Å². The van der Waals surface area contributed by atoms with Crippen molar-refractivity contribution in [2.45, 2.75) is 6.42 Å². The van der Waals surface area contributed by atoms with Gasteiger partial charge in [-0.15, -0.1) is 11.3 Å². The summed E-state index contributed by atoms with van der Waals surface area (Å²) in [6.07, 6.45) is 1.03. The van der Waals surface area contributed by atoms with Crippen LogP contribution in [0.3, 0.4) is 0 Å². The van der Waals surface area contributed by atoms with Crippen molar-refractivity contribution < 1.29 is 9.47 Å². The zero-order valence-corrected chi connectivity index (χ0v) is 11.8. The lowest BCUT2D eigenvalue weighted by Crippen LogP contribution is -2.13. The summed E-state index contributed by atoms with van der Waals surface area (Å²) in [7, 11) is 3.35. The Morgan fingerprint density at radius 2 is 2.00 bits per heavy atom. The van der Waals surface area contributed by atoms with Crippen molar-refractivity contribution in [1.29, 1.82) is 0 Å². The number of rotatable bonds is 3. The normalized spacial score (nSPS) is 13.7. The summed E-state index contributed by atoms with van der Waals surface area (Å²) in [5.41, 5.74) is 3.24. The second-order valence-electron chi connectivity index (χ2n) is 4.30. The third-order valence-electron chi connectivity index (χ3n) is 3.27. The maximum absolute atomic E-state index is 5.46. The lowest BCUT2D eigenvalue weighted by atomic mass is 9.98. The lowest BCUT2D eigenvalue weighted by molar-refractivity contribution is 0.402. The van der Waals surface area contributed by atoms with Gasteiger partial charge < -0.3 is 9.47 Å². The van der Waals surface area contributed by atoms with Gasteiger partial charge in [0.1, 0.15) is 11.5 Å². The molecule has 0 radical (unpaired) electrons. The van der Waals surface area contributed by atoms with Crippen molar-refractivity contribution in [3.63, 3.8) is 0 Å². The van der Waals surface area contributed by atoms with E-state index in [1.165, 1.54) is 10.4 Å². The summed E-state index contributed by atoms with van der Waals surface area (Å²) >= 11 is 1.79. The first-order valence-corrected chi connectivity index (χ1v) is 7.05. The van der Waals surface area contributed by atoms with E-state index >= 15 is 0 Å². The Labute approximate surface area is 116 Å². The highest BCUT2D eigenvalue weighted by molar-refractivity contribution is 7.10. The smallest absolute Gasteiger partial charge is 0.128 e. The molecule has 3 nitrogen and oxygen atoms in total. The van der Waals surface area contributed by atoms with E-state index in [4.69, 9.17) is 9.47 Å². The standard InChI is InChI=1S/C15H15NO2S/c1-17-10-3-4-13(18-2)12(9-10)15-11-6-8-19-14(11)5-7-16-15/h3-4,6,8-9H,5,7H2,1-2H3. The summed E-state index contributed by atoms with van der Waals surface area (Å²) in [5, 5.41) is 2.12. The van der Waals surface area contributed by atoms with Crippen molar-refractivity contribution in [2.24, 2.45) is 4.99 Å². The van der Waals surface area contributed by atoms with Crippen molar-refractivity contribution in [2.75, 3.05) is 20.8 Å². The highest BCUT2D eigenvalue weighted by Crippen LogP contribution is 2.31. The quantitative estimate of drug-likeness (QED) is 0.860. The van der Waals surface area contributed by atoms with Crippen LogP contribution in [0.25, 0.3) is 0 Å². The van der Waals surface area contributed by atoms with Crippen molar-refractivity contribution in [1.82, 2.24) is 0 Å². The van der Waals surface area contributed by atoms with E-state index in [0.717, 1.165) is 35.7 Å². The van der Waals surface area contributed by atoms with E-state index in [9.17, 15) is 0 Å². The molecular formula is C15H15NO2S. The van der Waals surface area contributed by atoms with Crippen LogP contribution in [-0.2, 0) is 6.42 Å². The summed E-state index contributed by atoms with van der Waals surface area (Å²) in [4.78, 5) is 6.08. The average Bonchev–Trinajstić information content (AvgIpc) is 2.94. The molecule has 4 heteroatoms. The molecule has 0 atom stereocenters. The molecule has 1 aromatic carbocycles. The maximum atomic E-state index is 5.46. The Bertz CT molecular complexity index is 631. The van der Waals surface area contributed by atoms with Crippen molar-refractivity contribution in [3.05, 3.63) is 45.6 Å². The molecule has 0 saturated heterocycles. The molecule has 2 aromatic rings. The third kappa shape index (κ3) is 2.12. The van der Waals surface area contributed by atoms with E-state index < -0.39 is 0 Å². The first kappa shape index (κ1) is 12.2. The Balaban J connectivity index is 2.14. The van der Waals surface area contributed by atoms with Crippen LogP contribution in [0, 0.1) is 0 Å². The number of benzene rings is 1. The minimum absolute atomic E-state index is 0.820. The van der Waals surface area contributed by atoms with Gasteiger partial charge in [0.15, 0.2) is 0 Å². The van der Waals surface area contributed by atoms with Gasteiger partial charge >= 0.3 is 0 Å². The molecule has 19 heavy (non-hydrogen) atoms. The van der Waals surface area contributed by atoms with Gasteiger partial charge in [0, 0.05) is 29.0 Å². The SMILES string of the molecule is COc1ccc(OC)c(C2=NCCc3sccc32)c1. The maximum Gasteiger partial charge on any atom is 0.128 e. The molecular weight excluding hydrogens is 258 g/mol. The van der Waals surface area contributed by atoms with E-state index in [1.54, 1.807) is 25.6 Å². The number of fused-ring (bicyclic) bond motifs is 1. The van der Waals surface area contributed by atoms with Gasteiger partial charge in [-0.3, -0.25) is 4.99 Å². The Kier molecular flexibility index (Phi) is 3.25. The Morgan fingerprint density at radius 1 is 1.11 bits per heavy atom. The van der Waals surface area contributed by atoms with E-state index in [0.29, 0.717) is 0 Å². The largest absolute Gasteiger partial charge is 0.497 e. The first-order valence-electron chi connectivity index (χ1n) is 6.17. The van der Waals surface area contributed by atoms with Gasteiger partial charge in [0.25, 0.3) is 0 Å². The minimum atomic E-state index is 0.820. The van der Waals surface area contributed by atoms with Crippen LogP contribution in [0.15, 0.2) is 34.6 Å². The number of nitrogens with zero attached hydrogens (tertiary/aromatic N) is 1. The molecule has 0 unspecified atom stereocenters. The van der Waals surface area contributed by atoms with Crippen LogP contribution < -0.4 is 9.47 Å². The Hall–Kier alpha value is -1.81. The number of hydrogen-bond acceptors (Lipinski definition) is 4. The van der Waals surface area contributed by atoms with Gasteiger partial charge in [-0.25, -0.2) is 0 Å². The number of thiophene rings is 1. The molecule has 0 aliphatic carbocycles. The topological polar surface area (TPSA) is 30.8 Å². The van der Waals surface area contributed by atoms with Gasteiger partial charge in [-0.2, -0.15) is 0 Å². The summed E-state index contributed by atoms with van der Waals surface area (Å²) in [6, 6.07) is 7.96. The van der Waals surface area contributed by atoms with Gasteiger partial charge in [-0.05, 0) is 29.6 Å². The van der Waals surface area contributed by atoms with Crippen LogP contribution >= 0.6 is 11.3 Å². The predicted octanol–water partition coefficient (Wildman–Crippen LogP) is 3.16. The fourth-order valence-electron chi connectivity index (χ4n) is 2.33. The molecule has 98 valence electrons. The summed E-state index contributed by atoms with van der Waals surface area (Å²) < 4.78 is 10.8. The van der Waals surface area contributed by atoms with Crippen LogP contribution in [-0.4, -0.2) is 26.5 Å². The number of methoxy groups -OCH3 is 2. The average molecular weight is 273 g/mol. The van der Waals surface area contributed by atoms with E-state index in [-0.39, 0.29) is 0 Å². The zero-order chi connectivity index (χ0) is 13.2. The fraction of sp³-hybridized carbons (Fsp3) is 0.267. The Morgan fingerprint density at radius 3 is 2.79 bits per heavy atom. The molecule has 3 rings (SSSR count). The van der Waals surface area contributed by atoms with Gasteiger partial charge in [0.05, 0.1) is 19.9 Å². The second kappa shape index (κ2) is 5.05. The molecule has 0 N–H and O–H groups in total. The monoisotopic (exact) mass is 273 g/mol. The number of aliphatic imine (C=N–C) groups is 1. The second-order valence-corrected chi connectivity index (χ2v) is 5.30. The first-order chi connectivity index (χ1) is 9.33. The zero-order valence-electron chi connectivity index (χ0n) is 11.0. The molecule has 1 aromatic heterocycles. The third-order valence-corrected chi connectivity index (χ3v) is 4.25. The van der Waals surface area contributed by atoms with E-state index in [1.807, 2.05) is 18.2 Å². The summed E-state index contributed by atoms with van der Waals surface area (Å²) in [6.45, 7) is 0.837. The van der Waals surface area contributed by atoms with Crippen LogP contribution in [0.1, 0.15) is 16.0 Å². The van der Waals surface area contributed by atoms with Crippen molar-refractivity contribution >= 4 is 17.0 Å². The molecule has 1 aliphatic heterocycles. The molecule has 0 saturated carbocycles. The van der Waals surface area contributed by atoms with Crippen LogP contribution in [0.4, 0.5) is 0 Å². The lowest BCUT2D eigenvalue weighted by Gasteiger charge is -2.16. The molecule has 1 aliphatic rings. The predicted molar refractivity (Wildman–Crippen MR) is 78.1 cm³/mol. The fourth-order valence-corrected chi connectivity index (χ4v) is 3.20. The number of ether oxygens (including phenoxy) is 2. The molecule has 2 heterocycles. The van der Waals surface area contributed by atoms with Crippen molar-refractivity contribution in [3.8, 4) is 11.5 Å². The van der Waals surface area contributed by atoms with E-state index in [2.05, 4.69) is 16.4 Å². The summed E-state index contributed by atoms with van der Waals surface area (Å²) in [5.74, 6) is 1.65.